The van der Waals surface area contributed by atoms with E-state index in [2.05, 4.69) is 4.52 Å². The Bertz CT molecular complexity index is 46.8. The van der Waals surface area contributed by atoms with Crippen LogP contribution in [0.5, 0.6) is 0 Å². The van der Waals surface area contributed by atoms with Crippen molar-refractivity contribution in [3.63, 3.8) is 0 Å². The molecule has 0 rings (SSSR count). The van der Waals surface area contributed by atoms with Gasteiger partial charge in [0.15, 0.2) is 25.4 Å². The first-order valence-electron chi connectivity index (χ1n) is 1.32. The molecule has 0 aromatic carbocycles. The zero-order valence-electron chi connectivity index (χ0n) is 3.32. The molecule has 1 atom stereocenters. The van der Waals surface area contributed by atoms with Crippen molar-refractivity contribution in [2.24, 2.45) is 0 Å². The van der Waals surface area contributed by atoms with Crippen molar-refractivity contribution in [1.29, 1.82) is 0 Å². The highest BCUT2D eigenvalue weighted by Gasteiger charge is 1.72. The SMILES string of the molecule is CO[PH](C)=O.[AlH3]. The molecule has 0 aliphatic carbocycles. The maximum absolute atomic E-state index is 9.78. The summed E-state index contributed by atoms with van der Waals surface area (Å²) in [5.74, 6) is 0. The Hall–Kier alpha value is 0.722. The molecule has 0 fully saturated rings. The molecule has 2 nitrogen and oxygen atoms in total. The second-order valence-electron chi connectivity index (χ2n) is 0.696. The van der Waals surface area contributed by atoms with Crippen LogP contribution in [-0.4, -0.2) is 31.1 Å². The third kappa shape index (κ3) is 8.83. The molecule has 38 valence electrons. The van der Waals surface area contributed by atoms with E-state index in [4.69, 9.17) is 0 Å². The topological polar surface area (TPSA) is 26.3 Å². The van der Waals surface area contributed by atoms with E-state index in [1.165, 1.54) is 7.11 Å². The van der Waals surface area contributed by atoms with E-state index in [0.29, 0.717) is 0 Å². The normalized spacial score (nSPS) is 12.3. The van der Waals surface area contributed by atoms with Gasteiger partial charge in [-0.3, -0.25) is 4.57 Å². The predicted molar refractivity (Wildman–Crippen MR) is 31.9 cm³/mol. The molecule has 0 aromatic rings. The zero-order valence-corrected chi connectivity index (χ0v) is 4.32. The molecule has 0 radical (unpaired) electrons. The van der Waals surface area contributed by atoms with E-state index in [-0.39, 0.29) is 17.4 Å². The minimum atomic E-state index is -1.62. The van der Waals surface area contributed by atoms with Gasteiger partial charge in [-0.15, -0.1) is 0 Å². The van der Waals surface area contributed by atoms with E-state index in [0.717, 1.165) is 0 Å². The summed E-state index contributed by atoms with van der Waals surface area (Å²) in [7, 11) is -0.192. The van der Waals surface area contributed by atoms with E-state index in [1.54, 1.807) is 6.66 Å². The van der Waals surface area contributed by atoms with Crippen LogP contribution in [0, 0.1) is 0 Å². The molecule has 0 heterocycles. The van der Waals surface area contributed by atoms with Gasteiger partial charge in [0.2, 0.25) is 0 Å². The second kappa shape index (κ2) is 5.72. The van der Waals surface area contributed by atoms with Gasteiger partial charge < -0.3 is 4.52 Å². The Balaban J connectivity index is 0. The first kappa shape index (κ1) is 9.87. The van der Waals surface area contributed by atoms with Crippen LogP contribution in [0.25, 0.3) is 0 Å². The van der Waals surface area contributed by atoms with Crippen LogP contribution < -0.4 is 0 Å². The van der Waals surface area contributed by atoms with Gasteiger partial charge in [-0.2, -0.15) is 0 Å². The van der Waals surface area contributed by atoms with Gasteiger partial charge in [-0.1, -0.05) is 0 Å². The lowest BCUT2D eigenvalue weighted by atomic mass is 11.8. The Morgan fingerprint density at radius 3 is 1.83 bits per heavy atom. The minimum absolute atomic E-state index is 0. The highest BCUT2D eigenvalue weighted by molar-refractivity contribution is 7.38. The van der Waals surface area contributed by atoms with Gasteiger partial charge in [-0.25, -0.2) is 0 Å². The lowest BCUT2D eigenvalue weighted by Gasteiger charge is -1.79. The molecule has 0 saturated heterocycles. The number of hydrogen-bond acceptors (Lipinski definition) is 2. The van der Waals surface area contributed by atoms with Crippen LogP contribution in [0.2, 0.25) is 0 Å². The summed E-state index contributed by atoms with van der Waals surface area (Å²) < 4.78 is 14.1. The molecule has 0 aromatic heterocycles. The first-order valence-corrected chi connectivity index (χ1v) is 3.13. The molecule has 0 bridgehead atoms. The molecule has 0 spiro atoms. The van der Waals surface area contributed by atoms with Gasteiger partial charge in [0.05, 0.1) is 0 Å². The third-order valence-corrected chi connectivity index (χ3v) is 0.862. The van der Waals surface area contributed by atoms with Crippen LogP contribution in [0.3, 0.4) is 0 Å². The van der Waals surface area contributed by atoms with Gasteiger partial charge >= 0.3 is 0 Å². The molecular weight excluding hydrogens is 114 g/mol. The van der Waals surface area contributed by atoms with Crippen molar-refractivity contribution in [3.05, 3.63) is 0 Å². The maximum Gasteiger partial charge on any atom is 0.188 e. The summed E-state index contributed by atoms with van der Waals surface area (Å²) in [5.41, 5.74) is 0. The summed E-state index contributed by atoms with van der Waals surface area (Å²) in [6, 6.07) is 0. The van der Waals surface area contributed by atoms with Crippen LogP contribution in [0.15, 0.2) is 0 Å². The number of hydrogen-bond donors (Lipinski definition) is 0. The summed E-state index contributed by atoms with van der Waals surface area (Å²) >= 11 is 0. The Labute approximate surface area is 48.9 Å². The van der Waals surface area contributed by atoms with E-state index in [9.17, 15) is 4.57 Å². The van der Waals surface area contributed by atoms with E-state index >= 15 is 0 Å². The fourth-order valence-electron chi connectivity index (χ4n) is 0. The maximum atomic E-state index is 9.78. The smallest absolute Gasteiger partial charge is 0.188 e. The number of rotatable bonds is 1. The lowest BCUT2D eigenvalue weighted by Crippen LogP contribution is -1.56. The van der Waals surface area contributed by atoms with Gasteiger partial charge in [-0.05, 0) is 0 Å². The van der Waals surface area contributed by atoms with Gasteiger partial charge in [0, 0.05) is 13.8 Å². The van der Waals surface area contributed by atoms with Crippen molar-refractivity contribution < 1.29 is 9.09 Å². The highest BCUT2D eigenvalue weighted by atomic mass is 31.1. The van der Waals surface area contributed by atoms with Crippen LogP contribution in [-0.2, 0) is 9.09 Å². The van der Waals surface area contributed by atoms with Crippen LogP contribution in [0.4, 0.5) is 0 Å². The molecule has 0 aliphatic heterocycles. The Kier molecular flexibility index (Phi) is 9.41. The van der Waals surface area contributed by atoms with Crippen molar-refractivity contribution in [2.45, 2.75) is 0 Å². The molecule has 6 heavy (non-hydrogen) atoms. The molecular formula is C2H10AlO2P. The standard InChI is InChI=1S/C2H7O2P.Al.3H/c1-4-5(2)3;;;;/h5H,1-2H3;;;;. The summed E-state index contributed by atoms with van der Waals surface area (Å²) in [6.45, 7) is 1.55. The fraction of sp³-hybridized carbons (Fsp3) is 1.00. The van der Waals surface area contributed by atoms with E-state index in [1.807, 2.05) is 0 Å². The minimum Gasteiger partial charge on any atom is -0.334 e. The molecule has 0 amide bonds. The summed E-state index contributed by atoms with van der Waals surface area (Å²) in [6.07, 6.45) is 0. The molecule has 0 N–H and O–H groups in total. The zero-order chi connectivity index (χ0) is 4.28. The average molecular weight is 124 g/mol. The second-order valence-corrected chi connectivity index (χ2v) is 2.09. The largest absolute Gasteiger partial charge is 0.334 e. The van der Waals surface area contributed by atoms with Gasteiger partial charge in [0.25, 0.3) is 0 Å². The summed E-state index contributed by atoms with van der Waals surface area (Å²) in [4.78, 5) is 0. The molecule has 0 aliphatic rings. The quantitative estimate of drug-likeness (QED) is 0.349. The third-order valence-electron chi connectivity index (χ3n) is 0.287. The van der Waals surface area contributed by atoms with Crippen LogP contribution in [0.1, 0.15) is 0 Å². The fourth-order valence-corrected chi connectivity index (χ4v) is 0. The first-order chi connectivity index (χ1) is 2.27. The average Bonchev–Trinajstić information content (AvgIpc) is 1.38. The predicted octanol–water partition coefficient (Wildman–Crippen LogP) is -0.447. The molecule has 4 heteroatoms. The molecule has 0 saturated carbocycles. The Morgan fingerprint density at radius 2 is 1.83 bits per heavy atom. The monoisotopic (exact) mass is 124 g/mol. The van der Waals surface area contributed by atoms with Crippen molar-refractivity contribution in [3.8, 4) is 0 Å². The lowest BCUT2D eigenvalue weighted by molar-refractivity contribution is 0.419. The van der Waals surface area contributed by atoms with E-state index < -0.39 is 8.03 Å². The van der Waals surface area contributed by atoms with Crippen molar-refractivity contribution in [1.82, 2.24) is 0 Å². The Morgan fingerprint density at radius 1 is 1.67 bits per heavy atom. The van der Waals surface area contributed by atoms with Crippen LogP contribution >= 0.6 is 8.03 Å². The van der Waals surface area contributed by atoms with Gasteiger partial charge in [0.1, 0.15) is 0 Å². The molecule has 1 unspecified atom stereocenters. The highest BCUT2D eigenvalue weighted by Crippen LogP contribution is 2.10. The summed E-state index contributed by atoms with van der Waals surface area (Å²) in [5, 5.41) is 0. The van der Waals surface area contributed by atoms with Crippen molar-refractivity contribution >= 4 is 25.4 Å². The van der Waals surface area contributed by atoms with Crippen molar-refractivity contribution in [2.75, 3.05) is 13.8 Å².